The Morgan fingerprint density at radius 1 is 0.900 bits per heavy atom. The second-order valence-electron chi connectivity index (χ2n) is 7.19. The smallest absolute Gasteiger partial charge is 0.268 e. The summed E-state index contributed by atoms with van der Waals surface area (Å²) in [6.07, 6.45) is 0. The van der Waals surface area contributed by atoms with Crippen molar-refractivity contribution in [1.82, 2.24) is 4.90 Å². The lowest BCUT2D eigenvalue weighted by Crippen LogP contribution is -2.62. The fraction of sp³-hybridized carbons (Fsp3) is 0.125. The average molecular weight is 414 g/mol. The molecule has 6 heteroatoms. The highest BCUT2D eigenvalue weighted by atomic mass is 32.1. The number of amides is 1. The molecule has 0 fully saturated rings. The van der Waals surface area contributed by atoms with Gasteiger partial charge in [0.25, 0.3) is 5.91 Å². The molecular formula is C24H19N3O2S. The van der Waals surface area contributed by atoms with E-state index in [4.69, 9.17) is 17.2 Å². The van der Waals surface area contributed by atoms with Crippen LogP contribution in [0.4, 0.5) is 11.4 Å². The topological polar surface area (TPSA) is 56.1 Å². The van der Waals surface area contributed by atoms with E-state index in [9.17, 15) is 9.90 Å². The summed E-state index contributed by atoms with van der Waals surface area (Å²) in [5.74, 6) is -0.161. The zero-order valence-corrected chi connectivity index (χ0v) is 16.9. The zero-order valence-electron chi connectivity index (χ0n) is 16.1. The van der Waals surface area contributed by atoms with Gasteiger partial charge in [0.05, 0.1) is 18.0 Å². The number of β-amino-alcohol motifs (C(OH)–C–C–N with tert-alkyl or cyclic N) is 1. The number of nitrogens with zero attached hydrogens (tertiary/aromatic N) is 3. The molecule has 0 saturated heterocycles. The van der Waals surface area contributed by atoms with Gasteiger partial charge in [-0.2, -0.15) is 0 Å². The number of carbonyl (C=O) groups excluding carboxylic acids is 1. The van der Waals surface area contributed by atoms with Gasteiger partial charge in [0.1, 0.15) is 0 Å². The summed E-state index contributed by atoms with van der Waals surface area (Å²) in [5.41, 5.74) is 2.55. The molecule has 148 valence electrons. The molecule has 1 amide bonds. The zero-order chi connectivity index (χ0) is 20.7. The molecule has 3 aromatic rings. The summed E-state index contributed by atoms with van der Waals surface area (Å²) in [5, 5.41) is 10.1. The van der Waals surface area contributed by atoms with E-state index < -0.39 is 5.54 Å². The Bertz CT molecular complexity index is 1160. The number of aliphatic hydroxyl groups excluding tert-OH is 1. The summed E-state index contributed by atoms with van der Waals surface area (Å²) in [4.78, 5) is 22.6. The number of anilines is 2. The molecule has 3 aromatic carbocycles. The summed E-state index contributed by atoms with van der Waals surface area (Å²) in [6, 6.07) is 26.9. The number of rotatable bonds is 4. The summed E-state index contributed by atoms with van der Waals surface area (Å²) < 4.78 is 0. The number of carbonyl (C=O) groups is 1. The second-order valence-corrected chi connectivity index (χ2v) is 7.55. The third-order valence-corrected chi connectivity index (χ3v) is 5.94. The largest absolute Gasteiger partial charge is 0.395 e. The quantitative estimate of drug-likeness (QED) is 0.664. The third-order valence-electron chi connectivity index (χ3n) is 5.63. The number of aliphatic hydroxyl groups is 1. The monoisotopic (exact) mass is 413 g/mol. The summed E-state index contributed by atoms with van der Waals surface area (Å²) in [6.45, 7) is 0.0645. The van der Waals surface area contributed by atoms with Gasteiger partial charge >= 0.3 is 0 Å². The van der Waals surface area contributed by atoms with Crippen LogP contribution in [-0.2, 0) is 10.3 Å². The molecule has 2 aliphatic heterocycles. The van der Waals surface area contributed by atoms with Crippen LogP contribution in [-0.4, -0.2) is 39.9 Å². The van der Waals surface area contributed by atoms with Crippen LogP contribution in [0.25, 0.3) is 0 Å². The first-order chi connectivity index (χ1) is 14.7. The van der Waals surface area contributed by atoms with E-state index in [0.29, 0.717) is 10.8 Å². The predicted octanol–water partition coefficient (Wildman–Crippen LogP) is 3.64. The number of aliphatic imine (C=N–C) groups is 1. The van der Waals surface area contributed by atoms with Crippen LogP contribution < -0.4 is 4.90 Å². The Morgan fingerprint density at radius 3 is 2.23 bits per heavy atom. The lowest BCUT2D eigenvalue weighted by Gasteiger charge is -2.45. The molecule has 0 bridgehead atoms. The van der Waals surface area contributed by atoms with E-state index in [1.165, 1.54) is 0 Å². The van der Waals surface area contributed by atoms with Crippen molar-refractivity contribution in [1.29, 1.82) is 0 Å². The normalized spacial score (nSPS) is 20.1. The molecule has 5 nitrogen and oxygen atoms in total. The minimum atomic E-state index is -1.23. The van der Waals surface area contributed by atoms with Gasteiger partial charge in [0.15, 0.2) is 10.7 Å². The maximum Gasteiger partial charge on any atom is 0.268 e. The van der Waals surface area contributed by atoms with Crippen molar-refractivity contribution in [2.75, 3.05) is 18.1 Å². The van der Waals surface area contributed by atoms with Gasteiger partial charge in [-0.3, -0.25) is 9.69 Å². The van der Waals surface area contributed by atoms with Gasteiger partial charge in [0, 0.05) is 17.8 Å². The van der Waals surface area contributed by atoms with Crippen molar-refractivity contribution in [3.8, 4) is 0 Å². The lowest BCUT2D eigenvalue weighted by atomic mass is 9.76. The van der Waals surface area contributed by atoms with Gasteiger partial charge in [-0.1, -0.05) is 66.7 Å². The van der Waals surface area contributed by atoms with Crippen molar-refractivity contribution in [2.24, 2.45) is 4.99 Å². The van der Waals surface area contributed by atoms with Crippen LogP contribution >= 0.6 is 12.2 Å². The van der Waals surface area contributed by atoms with Gasteiger partial charge in [-0.15, -0.1) is 0 Å². The van der Waals surface area contributed by atoms with Crippen LogP contribution in [0.15, 0.2) is 89.9 Å². The molecule has 1 unspecified atom stereocenters. The Hall–Kier alpha value is -3.35. The maximum absolute atomic E-state index is 14.4. The van der Waals surface area contributed by atoms with Crippen LogP contribution in [0.2, 0.25) is 0 Å². The van der Waals surface area contributed by atoms with Crippen molar-refractivity contribution >= 4 is 40.3 Å². The van der Waals surface area contributed by atoms with E-state index in [2.05, 4.69) is 0 Å². The van der Waals surface area contributed by atoms with Gasteiger partial charge in [-0.25, -0.2) is 4.99 Å². The molecule has 0 aliphatic carbocycles. The van der Waals surface area contributed by atoms with Crippen molar-refractivity contribution in [3.05, 3.63) is 96.1 Å². The molecule has 0 saturated carbocycles. The fourth-order valence-electron chi connectivity index (χ4n) is 4.41. The van der Waals surface area contributed by atoms with E-state index in [-0.39, 0.29) is 19.1 Å². The van der Waals surface area contributed by atoms with E-state index in [0.717, 1.165) is 22.5 Å². The van der Waals surface area contributed by atoms with Crippen molar-refractivity contribution in [2.45, 2.75) is 5.54 Å². The molecule has 2 aliphatic rings. The Balaban J connectivity index is 1.86. The highest BCUT2D eigenvalue weighted by molar-refractivity contribution is 7.80. The van der Waals surface area contributed by atoms with Crippen LogP contribution in [0.3, 0.4) is 0 Å². The number of hydrogen-bond acceptors (Lipinski definition) is 3. The van der Waals surface area contributed by atoms with E-state index in [1.807, 2.05) is 84.9 Å². The number of para-hydroxylation sites is 2. The molecule has 1 N–H and O–H groups in total. The van der Waals surface area contributed by atoms with Crippen LogP contribution in [0, 0.1) is 0 Å². The third kappa shape index (κ3) is 2.47. The fourth-order valence-corrected chi connectivity index (χ4v) is 4.73. The Labute approximate surface area is 179 Å². The van der Waals surface area contributed by atoms with E-state index in [1.54, 1.807) is 9.80 Å². The standard InChI is InChI=1S/C24H19N3O2S/c28-16-15-26-23(30)25-21-19-13-7-8-14-20(19)27(18-11-5-2-6-12-18)22(29)24(21,26)17-9-3-1-4-10-17/h1-14,28H,15-16H2. The Kier molecular flexibility index (Phi) is 4.46. The number of benzene rings is 3. The predicted molar refractivity (Wildman–Crippen MR) is 121 cm³/mol. The van der Waals surface area contributed by atoms with Crippen molar-refractivity contribution in [3.63, 3.8) is 0 Å². The molecule has 30 heavy (non-hydrogen) atoms. The van der Waals surface area contributed by atoms with Gasteiger partial charge < -0.3 is 10.0 Å². The number of fused-ring (bicyclic) bond motifs is 3. The number of thiocarbonyl (C=S) groups is 1. The molecule has 0 spiro atoms. The first kappa shape index (κ1) is 18.7. The highest BCUT2D eigenvalue weighted by Gasteiger charge is 2.60. The van der Waals surface area contributed by atoms with Gasteiger partial charge in [-0.05, 0) is 36.0 Å². The summed E-state index contributed by atoms with van der Waals surface area (Å²) in [7, 11) is 0. The SMILES string of the molecule is O=C1N(c2ccccc2)c2ccccc2C2=NC(=S)N(CCO)C12c1ccccc1. The average Bonchev–Trinajstić information content (AvgIpc) is 3.09. The molecule has 0 radical (unpaired) electrons. The minimum Gasteiger partial charge on any atom is -0.395 e. The highest BCUT2D eigenvalue weighted by Crippen LogP contribution is 2.48. The van der Waals surface area contributed by atoms with E-state index >= 15 is 0 Å². The van der Waals surface area contributed by atoms with Crippen LogP contribution in [0.1, 0.15) is 11.1 Å². The first-order valence-corrected chi connectivity index (χ1v) is 10.2. The molecule has 1 atom stereocenters. The molecular weight excluding hydrogens is 394 g/mol. The molecule has 2 heterocycles. The lowest BCUT2D eigenvalue weighted by molar-refractivity contribution is -0.124. The minimum absolute atomic E-state index is 0.141. The second kappa shape index (κ2) is 7.16. The number of hydrogen-bond donors (Lipinski definition) is 1. The van der Waals surface area contributed by atoms with Crippen LogP contribution in [0.5, 0.6) is 0 Å². The summed E-state index contributed by atoms with van der Waals surface area (Å²) >= 11 is 5.59. The van der Waals surface area contributed by atoms with Gasteiger partial charge in [0.2, 0.25) is 0 Å². The maximum atomic E-state index is 14.4. The first-order valence-electron chi connectivity index (χ1n) is 9.75. The molecule has 5 rings (SSSR count). The molecule has 0 aromatic heterocycles. The Morgan fingerprint density at radius 2 is 1.53 bits per heavy atom. The van der Waals surface area contributed by atoms with Crippen molar-refractivity contribution < 1.29 is 9.90 Å².